The number of nitrogens with one attached hydrogen (secondary N) is 3. The monoisotopic (exact) mass is 348 g/mol. The first-order valence-electron chi connectivity index (χ1n) is 8.66. The van der Waals surface area contributed by atoms with Crippen LogP contribution in [0.25, 0.3) is 0 Å². The Bertz CT molecular complexity index is 556. The van der Waals surface area contributed by atoms with Gasteiger partial charge >= 0.3 is 0 Å². The van der Waals surface area contributed by atoms with Gasteiger partial charge in [-0.15, -0.1) is 0 Å². The third-order valence-corrected chi connectivity index (χ3v) is 5.15. The first-order valence-corrected chi connectivity index (χ1v) is 9.82. The number of nitrogens with zero attached hydrogens (tertiary/aromatic N) is 1. The van der Waals surface area contributed by atoms with Crippen molar-refractivity contribution in [3.8, 4) is 0 Å². The van der Waals surface area contributed by atoms with Gasteiger partial charge in [-0.3, -0.25) is 9.79 Å². The molecule has 1 saturated heterocycles. The zero-order chi connectivity index (χ0) is 17.2. The van der Waals surface area contributed by atoms with Gasteiger partial charge in [-0.25, -0.2) is 0 Å². The van der Waals surface area contributed by atoms with Crippen LogP contribution in [0, 0.1) is 0 Å². The maximum absolute atomic E-state index is 11.7. The maximum atomic E-state index is 11.7. The number of carbonyl (C=O) groups is 1. The van der Waals surface area contributed by atoms with E-state index in [-0.39, 0.29) is 5.91 Å². The Kier molecular flexibility index (Phi) is 7.95. The van der Waals surface area contributed by atoms with Gasteiger partial charge in [-0.05, 0) is 49.6 Å². The Balaban J connectivity index is 1.90. The summed E-state index contributed by atoms with van der Waals surface area (Å²) >= 11 is 2.01. The van der Waals surface area contributed by atoms with Crippen LogP contribution in [0.4, 0.5) is 0 Å². The summed E-state index contributed by atoms with van der Waals surface area (Å²) in [4.78, 5) is 16.4. The summed E-state index contributed by atoms with van der Waals surface area (Å²) in [6.45, 7) is 3.64. The molecule has 1 aromatic carbocycles. The van der Waals surface area contributed by atoms with Gasteiger partial charge in [0.05, 0.1) is 0 Å². The quantitative estimate of drug-likeness (QED) is 0.544. The molecule has 24 heavy (non-hydrogen) atoms. The van der Waals surface area contributed by atoms with Gasteiger partial charge in [0, 0.05) is 37.5 Å². The van der Waals surface area contributed by atoms with Crippen LogP contribution in [0.5, 0.6) is 0 Å². The number of benzene rings is 1. The highest BCUT2D eigenvalue weighted by Gasteiger charge is 2.14. The molecule has 0 bridgehead atoms. The molecule has 1 aliphatic rings. The molecule has 0 spiro atoms. The van der Waals surface area contributed by atoms with Crippen molar-refractivity contribution in [1.29, 1.82) is 0 Å². The summed E-state index contributed by atoms with van der Waals surface area (Å²) < 4.78 is 0. The van der Waals surface area contributed by atoms with E-state index in [1.807, 2.05) is 36.0 Å². The number of rotatable bonds is 6. The molecule has 3 N–H and O–H groups in total. The molecule has 2 rings (SSSR count). The van der Waals surface area contributed by atoms with Crippen molar-refractivity contribution in [2.24, 2.45) is 4.99 Å². The second kappa shape index (κ2) is 10.2. The van der Waals surface area contributed by atoms with E-state index in [2.05, 4.69) is 27.9 Å². The largest absolute Gasteiger partial charge is 0.357 e. The first-order chi connectivity index (χ1) is 11.7. The van der Waals surface area contributed by atoms with E-state index in [1.165, 1.54) is 18.6 Å². The number of aliphatic imine (C=N–C) groups is 1. The van der Waals surface area contributed by atoms with Gasteiger partial charge < -0.3 is 16.0 Å². The lowest BCUT2D eigenvalue weighted by Crippen LogP contribution is -2.45. The molecule has 0 aromatic heterocycles. The zero-order valence-corrected chi connectivity index (χ0v) is 15.4. The standard InChI is InChI=1S/C18H28N4OS/c1-3-20-18(22-16-8-5-11-24-13-16)21-10-9-14-6-4-7-15(12-14)17(23)19-2/h4,6-7,12,16H,3,5,8-11,13H2,1-2H3,(H,19,23)(H2,20,21,22). The molecule has 1 unspecified atom stereocenters. The summed E-state index contributed by atoms with van der Waals surface area (Å²) in [6, 6.07) is 8.25. The fraction of sp³-hybridized carbons (Fsp3) is 0.556. The fourth-order valence-corrected chi connectivity index (χ4v) is 3.75. The van der Waals surface area contributed by atoms with Crippen molar-refractivity contribution in [2.45, 2.75) is 32.2 Å². The Labute approximate surface area is 149 Å². The van der Waals surface area contributed by atoms with Crippen LogP contribution in [-0.2, 0) is 6.42 Å². The van der Waals surface area contributed by atoms with Gasteiger partial charge in [0.15, 0.2) is 5.96 Å². The molecule has 0 aliphatic carbocycles. The maximum Gasteiger partial charge on any atom is 0.251 e. The van der Waals surface area contributed by atoms with Crippen LogP contribution >= 0.6 is 11.8 Å². The Morgan fingerprint density at radius 3 is 3.00 bits per heavy atom. The van der Waals surface area contributed by atoms with Crippen molar-refractivity contribution in [3.05, 3.63) is 35.4 Å². The van der Waals surface area contributed by atoms with E-state index < -0.39 is 0 Å². The van der Waals surface area contributed by atoms with Gasteiger partial charge in [-0.2, -0.15) is 11.8 Å². The Hall–Kier alpha value is -1.69. The molecule has 1 aliphatic heterocycles. The first kappa shape index (κ1) is 18.6. The molecule has 1 amide bonds. The number of hydrogen-bond acceptors (Lipinski definition) is 3. The van der Waals surface area contributed by atoms with Crippen molar-refractivity contribution >= 4 is 23.6 Å². The third kappa shape index (κ3) is 6.07. The lowest BCUT2D eigenvalue weighted by Gasteiger charge is -2.24. The van der Waals surface area contributed by atoms with E-state index >= 15 is 0 Å². The van der Waals surface area contributed by atoms with Crippen molar-refractivity contribution < 1.29 is 4.79 Å². The summed E-state index contributed by atoms with van der Waals surface area (Å²) in [7, 11) is 1.65. The number of hydrogen-bond donors (Lipinski definition) is 3. The van der Waals surface area contributed by atoms with Crippen molar-refractivity contribution in [1.82, 2.24) is 16.0 Å². The van der Waals surface area contributed by atoms with E-state index in [4.69, 9.17) is 0 Å². The number of carbonyl (C=O) groups excluding carboxylic acids is 1. The smallest absolute Gasteiger partial charge is 0.251 e. The van der Waals surface area contributed by atoms with Crippen LogP contribution in [0.15, 0.2) is 29.3 Å². The Morgan fingerprint density at radius 1 is 1.42 bits per heavy atom. The Morgan fingerprint density at radius 2 is 2.29 bits per heavy atom. The topological polar surface area (TPSA) is 65.5 Å². The van der Waals surface area contributed by atoms with Gasteiger partial charge in [-0.1, -0.05) is 12.1 Å². The average molecular weight is 349 g/mol. The second-order valence-electron chi connectivity index (χ2n) is 5.85. The van der Waals surface area contributed by atoms with Crippen LogP contribution in [0.1, 0.15) is 35.7 Å². The molecular weight excluding hydrogens is 320 g/mol. The highest BCUT2D eigenvalue weighted by Crippen LogP contribution is 2.16. The van der Waals surface area contributed by atoms with Crippen LogP contribution in [-0.4, -0.2) is 49.6 Å². The van der Waals surface area contributed by atoms with Crippen LogP contribution in [0.2, 0.25) is 0 Å². The van der Waals surface area contributed by atoms with Crippen LogP contribution < -0.4 is 16.0 Å². The van der Waals surface area contributed by atoms with Gasteiger partial charge in [0.25, 0.3) is 5.91 Å². The summed E-state index contributed by atoms with van der Waals surface area (Å²) in [6.07, 6.45) is 3.31. The van der Waals surface area contributed by atoms with E-state index in [9.17, 15) is 4.79 Å². The minimum absolute atomic E-state index is 0.0508. The van der Waals surface area contributed by atoms with Crippen molar-refractivity contribution in [2.75, 3.05) is 31.6 Å². The molecular formula is C18H28N4OS. The second-order valence-corrected chi connectivity index (χ2v) is 7.00. The van der Waals surface area contributed by atoms with E-state index in [1.54, 1.807) is 7.05 Å². The third-order valence-electron chi connectivity index (χ3n) is 3.93. The lowest BCUT2D eigenvalue weighted by atomic mass is 10.1. The number of guanidine groups is 1. The zero-order valence-electron chi connectivity index (χ0n) is 14.6. The molecule has 6 heteroatoms. The van der Waals surface area contributed by atoms with E-state index in [0.717, 1.165) is 30.2 Å². The normalized spacial score (nSPS) is 18.1. The molecule has 132 valence electrons. The summed E-state index contributed by atoms with van der Waals surface area (Å²) in [5.41, 5.74) is 1.83. The molecule has 1 fully saturated rings. The molecule has 1 atom stereocenters. The minimum atomic E-state index is -0.0508. The molecule has 0 saturated carbocycles. The van der Waals surface area contributed by atoms with E-state index in [0.29, 0.717) is 18.2 Å². The van der Waals surface area contributed by atoms with Gasteiger partial charge in [0.2, 0.25) is 0 Å². The SMILES string of the molecule is CCNC(=NCCc1cccc(C(=O)NC)c1)NC1CCCSC1. The number of thioether (sulfide) groups is 1. The summed E-state index contributed by atoms with van der Waals surface area (Å²) in [5.74, 6) is 3.27. The molecule has 1 aromatic rings. The number of amides is 1. The molecule has 5 nitrogen and oxygen atoms in total. The average Bonchev–Trinajstić information content (AvgIpc) is 2.62. The van der Waals surface area contributed by atoms with Crippen molar-refractivity contribution in [3.63, 3.8) is 0 Å². The summed E-state index contributed by atoms with van der Waals surface area (Å²) in [5, 5.41) is 9.51. The highest BCUT2D eigenvalue weighted by molar-refractivity contribution is 7.99. The predicted octanol–water partition coefficient (Wildman–Crippen LogP) is 2.04. The molecule has 0 radical (unpaired) electrons. The highest BCUT2D eigenvalue weighted by atomic mass is 32.2. The fourth-order valence-electron chi connectivity index (χ4n) is 2.68. The van der Waals surface area contributed by atoms with Crippen LogP contribution in [0.3, 0.4) is 0 Å². The molecule has 1 heterocycles. The lowest BCUT2D eigenvalue weighted by molar-refractivity contribution is 0.0963. The predicted molar refractivity (Wildman–Crippen MR) is 103 cm³/mol. The minimum Gasteiger partial charge on any atom is -0.357 e. The van der Waals surface area contributed by atoms with Gasteiger partial charge in [0.1, 0.15) is 0 Å².